The van der Waals surface area contributed by atoms with Gasteiger partial charge in [0.1, 0.15) is 6.10 Å². The maximum Gasteiger partial charge on any atom is 0.335 e. The molecule has 0 spiro atoms. The van der Waals surface area contributed by atoms with Crippen molar-refractivity contribution in [2.24, 2.45) is 0 Å². The number of aryl methyl sites for hydroxylation is 1. The third-order valence-electron chi connectivity index (χ3n) is 4.19. The molecule has 0 aromatic heterocycles. The highest BCUT2D eigenvalue weighted by Crippen LogP contribution is 2.30. The van der Waals surface area contributed by atoms with Crippen LogP contribution in [0.1, 0.15) is 44.4 Å². The van der Waals surface area contributed by atoms with Gasteiger partial charge in [0.05, 0.1) is 11.6 Å². The smallest absolute Gasteiger partial charge is 0.335 e. The molecule has 1 amide bonds. The quantitative estimate of drug-likeness (QED) is 0.874. The Balaban J connectivity index is 1.78. The normalized spacial score (nSPS) is 19.6. The number of rotatable bonds is 4. The zero-order valence-electron chi connectivity index (χ0n) is 13.7. The van der Waals surface area contributed by atoms with Gasteiger partial charge in [-0.05, 0) is 54.8 Å². The van der Waals surface area contributed by atoms with Gasteiger partial charge in [0.25, 0.3) is 5.91 Å². The second-order valence-corrected chi connectivity index (χ2v) is 6.54. The standard InChI is InChI=1S/C19H18ClNO4/c1-11-8-13(10-14(9-11)19(23)24)18(22)21-16-6-7-25-17(16)12-2-4-15(20)5-3-12/h2-5,8-10,16-17H,6-7H2,1H3,(H,21,22)(H,23,24). The van der Waals surface area contributed by atoms with E-state index in [1.807, 2.05) is 12.1 Å². The van der Waals surface area contributed by atoms with Crippen molar-refractivity contribution in [3.63, 3.8) is 0 Å². The van der Waals surface area contributed by atoms with E-state index in [9.17, 15) is 9.59 Å². The van der Waals surface area contributed by atoms with Gasteiger partial charge >= 0.3 is 5.97 Å². The van der Waals surface area contributed by atoms with E-state index in [1.165, 1.54) is 12.1 Å². The molecule has 6 heteroatoms. The molecule has 2 aromatic rings. The molecule has 0 aliphatic carbocycles. The molecule has 0 bridgehead atoms. The molecule has 2 atom stereocenters. The van der Waals surface area contributed by atoms with Gasteiger partial charge in [0, 0.05) is 17.2 Å². The minimum Gasteiger partial charge on any atom is -0.478 e. The Labute approximate surface area is 150 Å². The van der Waals surface area contributed by atoms with Crippen LogP contribution in [0.15, 0.2) is 42.5 Å². The Morgan fingerprint density at radius 2 is 1.84 bits per heavy atom. The summed E-state index contributed by atoms with van der Waals surface area (Å²) in [5.74, 6) is -1.36. The third-order valence-corrected chi connectivity index (χ3v) is 4.45. The molecule has 1 heterocycles. The number of benzene rings is 2. The van der Waals surface area contributed by atoms with Gasteiger partial charge in [-0.15, -0.1) is 0 Å². The summed E-state index contributed by atoms with van der Waals surface area (Å²) in [6.45, 7) is 2.31. The predicted molar refractivity (Wildman–Crippen MR) is 94.2 cm³/mol. The number of hydrogen-bond acceptors (Lipinski definition) is 3. The molecule has 0 saturated carbocycles. The highest BCUT2D eigenvalue weighted by molar-refractivity contribution is 6.30. The van der Waals surface area contributed by atoms with Gasteiger partial charge in [-0.25, -0.2) is 4.79 Å². The van der Waals surface area contributed by atoms with E-state index in [0.717, 1.165) is 11.1 Å². The fraction of sp³-hybridized carbons (Fsp3) is 0.263. The van der Waals surface area contributed by atoms with E-state index in [4.69, 9.17) is 21.4 Å². The van der Waals surface area contributed by atoms with Gasteiger partial charge in [0.15, 0.2) is 0 Å². The maximum atomic E-state index is 12.6. The Hall–Kier alpha value is -2.37. The summed E-state index contributed by atoms with van der Waals surface area (Å²) in [6.07, 6.45) is 0.446. The molecular formula is C19H18ClNO4. The third kappa shape index (κ3) is 4.00. The number of carbonyl (C=O) groups is 2. The zero-order valence-corrected chi connectivity index (χ0v) is 14.4. The van der Waals surface area contributed by atoms with Crippen LogP contribution in [0.3, 0.4) is 0 Å². The van der Waals surface area contributed by atoms with Crippen molar-refractivity contribution in [3.05, 3.63) is 69.7 Å². The van der Waals surface area contributed by atoms with Crippen molar-refractivity contribution in [2.45, 2.75) is 25.5 Å². The minimum absolute atomic E-state index is 0.0991. The largest absolute Gasteiger partial charge is 0.478 e. The molecule has 130 valence electrons. The predicted octanol–water partition coefficient (Wildman–Crippen LogP) is 3.61. The Morgan fingerprint density at radius 3 is 2.52 bits per heavy atom. The van der Waals surface area contributed by atoms with Crippen molar-refractivity contribution in [2.75, 3.05) is 6.61 Å². The number of carbonyl (C=O) groups excluding carboxylic acids is 1. The Morgan fingerprint density at radius 1 is 1.16 bits per heavy atom. The number of halogens is 1. The van der Waals surface area contributed by atoms with Crippen molar-refractivity contribution in [3.8, 4) is 0 Å². The molecule has 2 N–H and O–H groups in total. The lowest BCUT2D eigenvalue weighted by atomic mass is 10.0. The van der Waals surface area contributed by atoms with Crippen LogP contribution in [0.25, 0.3) is 0 Å². The molecule has 1 aliphatic rings. The molecule has 5 nitrogen and oxygen atoms in total. The first-order valence-electron chi connectivity index (χ1n) is 7.97. The number of hydrogen-bond donors (Lipinski definition) is 2. The summed E-state index contributed by atoms with van der Waals surface area (Å²) >= 11 is 5.92. The van der Waals surface area contributed by atoms with Crippen LogP contribution in [0.2, 0.25) is 5.02 Å². The SMILES string of the molecule is Cc1cc(C(=O)O)cc(C(=O)NC2CCOC2c2ccc(Cl)cc2)c1. The first-order valence-corrected chi connectivity index (χ1v) is 8.35. The van der Waals surface area contributed by atoms with Crippen molar-refractivity contribution in [1.29, 1.82) is 0 Å². The van der Waals surface area contributed by atoms with E-state index in [2.05, 4.69) is 5.32 Å². The number of carboxylic acids is 1. The highest BCUT2D eigenvalue weighted by Gasteiger charge is 2.31. The molecular weight excluding hydrogens is 342 g/mol. The van der Waals surface area contributed by atoms with Gasteiger partial charge in [0.2, 0.25) is 0 Å². The summed E-state index contributed by atoms with van der Waals surface area (Å²) in [6, 6.07) is 11.8. The fourth-order valence-corrected chi connectivity index (χ4v) is 3.13. The Bertz CT molecular complexity index is 804. The first-order chi connectivity index (χ1) is 11.9. The first kappa shape index (κ1) is 17.5. The van der Waals surface area contributed by atoms with E-state index in [1.54, 1.807) is 25.1 Å². The maximum absolute atomic E-state index is 12.6. The Kier molecular flexibility index (Phi) is 5.06. The molecule has 2 aromatic carbocycles. The second-order valence-electron chi connectivity index (χ2n) is 6.10. The number of aromatic carboxylic acids is 1. The van der Waals surface area contributed by atoms with Crippen molar-refractivity contribution in [1.82, 2.24) is 5.32 Å². The second kappa shape index (κ2) is 7.25. The van der Waals surface area contributed by atoms with Crippen LogP contribution in [-0.4, -0.2) is 29.6 Å². The molecule has 0 radical (unpaired) electrons. The van der Waals surface area contributed by atoms with Crippen molar-refractivity contribution < 1.29 is 19.4 Å². The van der Waals surface area contributed by atoms with E-state index >= 15 is 0 Å². The van der Waals surface area contributed by atoms with Crippen LogP contribution >= 0.6 is 11.6 Å². The van der Waals surface area contributed by atoms with Crippen LogP contribution < -0.4 is 5.32 Å². The molecule has 1 saturated heterocycles. The molecule has 1 fully saturated rings. The average molecular weight is 360 g/mol. The number of amides is 1. The molecule has 25 heavy (non-hydrogen) atoms. The number of nitrogens with one attached hydrogen (secondary N) is 1. The van der Waals surface area contributed by atoms with E-state index in [-0.39, 0.29) is 23.6 Å². The summed E-state index contributed by atoms with van der Waals surface area (Å²) in [7, 11) is 0. The monoisotopic (exact) mass is 359 g/mol. The fourth-order valence-electron chi connectivity index (χ4n) is 3.01. The van der Waals surface area contributed by atoms with Crippen LogP contribution in [0.4, 0.5) is 0 Å². The van der Waals surface area contributed by atoms with Crippen LogP contribution in [0, 0.1) is 6.92 Å². The summed E-state index contributed by atoms with van der Waals surface area (Å²) < 4.78 is 5.76. The van der Waals surface area contributed by atoms with Gasteiger partial charge in [-0.3, -0.25) is 4.79 Å². The van der Waals surface area contributed by atoms with Gasteiger partial charge < -0.3 is 15.2 Å². The molecule has 3 rings (SSSR count). The lowest BCUT2D eigenvalue weighted by Gasteiger charge is -2.20. The summed E-state index contributed by atoms with van der Waals surface area (Å²) in [5, 5.41) is 12.8. The number of carboxylic acid groups (broad SMARTS) is 1. The lowest BCUT2D eigenvalue weighted by molar-refractivity contribution is 0.0696. The minimum atomic E-state index is -1.05. The van der Waals surface area contributed by atoms with Crippen LogP contribution in [0.5, 0.6) is 0 Å². The van der Waals surface area contributed by atoms with Crippen LogP contribution in [-0.2, 0) is 4.74 Å². The molecule has 2 unspecified atom stereocenters. The van der Waals surface area contributed by atoms with E-state index in [0.29, 0.717) is 23.6 Å². The molecule has 1 aliphatic heterocycles. The highest BCUT2D eigenvalue weighted by atomic mass is 35.5. The topological polar surface area (TPSA) is 75.6 Å². The number of ether oxygens (including phenoxy) is 1. The summed E-state index contributed by atoms with van der Waals surface area (Å²) in [5.41, 5.74) is 2.10. The van der Waals surface area contributed by atoms with Gasteiger partial charge in [-0.2, -0.15) is 0 Å². The average Bonchev–Trinajstić information content (AvgIpc) is 3.03. The summed E-state index contributed by atoms with van der Waals surface area (Å²) in [4.78, 5) is 23.8. The van der Waals surface area contributed by atoms with E-state index < -0.39 is 5.97 Å². The zero-order chi connectivity index (χ0) is 18.0. The van der Waals surface area contributed by atoms with Crippen molar-refractivity contribution >= 4 is 23.5 Å². The lowest BCUT2D eigenvalue weighted by Crippen LogP contribution is -2.36. The van der Waals surface area contributed by atoms with Gasteiger partial charge in [-0.1, -0.05) is 23.7 Å².